The highest BCUT2D eigenvalue weighted by Crippen LogP contribution is 2.15. The van der Waals surface area contributed by atoms with Gasteiger partial charge in [-0.05, 0) is 30.0 Å². The van der Waals surface area contributed by atoms with Crippen molar-refractivity contribution in [1.29, 1.82) is 0 Å². The summed E-state index contributed by atoms with van der Waals surface area (Å²) in [5, 5.41) is -0.480. The molecule has 1 aliphatic rings. The molecule has 1 rings (SSSR count). The van der Waals surface area contributed by atoms with Gasteiger partial charge >= 0.3 is 0 Å². The molecule has 0 heterocycles. The van der Waals surface area contributed by atoms with Crippen LogP contribution in [0.1, 0.15) is 12.8 Å². The molecule has 0 aromatic heterocycles. The lowest BCUT2D eigenvalue weighted by molar-refractivity contribution is -0.112. The summed E-state index contributed by atoms with van der Waals surface area (Å²) in [6, 6.07) is -0.610. The van der Waals surface area contributed by atoms with Gasteiger partial charge < -0.3 is 5.73 Å². The Morgan fingerprint density at radius 2 is 2.33 bits per heavy atom. The Kier molecular flexibility index (Phi) is 5.22. The number of carbonyl (C=O) groups excluding carboxylic acids is 1. The van der Waals surface area contributed by atoms with Gasteiger partial charge in [0.15, 0.2) is 0 Å². The monoisotopic (exact) mass is 207 g/mol. The maximum Gasteiger partial charge on any atom is 0.242 e. The fraction of sp³-hybridized carbons (Fsp3) is 0.375. The van der Waals surface area contributed by atoms with Gasteiger partial charge in [-0.2, -0.15) is 0 Å². The van der Waals surface area contributed by atoms with Crippen molar-refractivity contribution in [2.75, 3.05) is 0 Å². The molecule has 0 aromatic rings. The zero-order chi connectivity index (χ0) is 8.27. The van der Waals surface area contributed by atoms with Gasteiger partial charge in [0.1, 0.15) is 6.04 Å². The second kappa shape index (κ2) is 5.36. The van der Waals surface area contributed by atoms with Gasteiger partial charge in [-0.1, -0.05) is 18.2 Å². The van der Waals surface area contributed by atoms with Crippen molar-refractivity contribution in [2.45, 2.75) is 18.9 Å². The number of hydrogen-bond acceptors (Lipinski definition) is 2. The Morgan fingerprint density at radius 1 is 1.67 bits per heavy atom. The maximum absolute atomic E-state index is 10.6. The summed E-state index contributed by atoms with van der Waals surface area (Å²) in [5.74, 6) is 0. The highest BCUT2D eigenvalue weighted by atomic mass is 35.5. The number of carbonyl (C=O) groups is 1. The molecule has 0 spiro atoms. The molecule has 1 aliphatic carbocycles. The molecule has 0 unspecified atom stereocenters. The molecule has 0 amide bonds. The summed E-state index contributed by atoms with van der Waals surface area (Å²) in [6.45, 7) is 0. The number of hydrogen-bond donors (Lipinski definition) is 1. The largest absolute Gasteiger partial charge is 0.317 e. The van der Waals surface area contributed by atoms with E-state index in [4.69, 9.17) is 17.3 Å². The first-order valence-corrected chi connectivity index (χ1v) is 3.90. The molecule has 0 saturated heterocycles. The van der Waals surface area contributed by atoms with Crippen molar-refractivity contribution in [1.82, 2.24) is 0 Å². The molecule has 4 heteroatoms. The molecule has 0 aromatic carbocycles. The van der Waals surface area contributed by atoms with Crippen molar-refractivity contribution in [3.63, 3.8) is 0 Å². The third-order valence-electron chi connectivity index (χ3n) is 1.69. The standard InChI is InChI=1S/C8H10ClNO.ClH/c9-8(11)7(10)6-4-2-1-3-5-6;/h1-2,4,7H,3,5,10H2;1H/t7-;/m1./s1. The molecule has 2 nitrogen and oxygen atoms in total. The minimum Gasteiger partial charge on any atom is -0.317 e. The Labute approximate surface area is 82.9 Å². The van der Waals surface area contributed by atoms with Gasteiger partial charge in [0, 0.05) is 0 Å². The molecular formula is C8H11Cl2NO. The maximum atomic E-state index is 10.6. The van der Waals surface area contributed by atoms with E-state index < -0.39 is 11.3 Å². The lowest BCUT2D eigenvalue weighted by Gasteiger charge is -2.12. The van der Waals surface area contributed by atoms with Crippen molar-refractivity contribution in [2.24, 2.45) is 5.73 Å². The molecule has 2 N–H and O–H groups in total. The van der Waals surface area contributed by atoms with Crippen molar-refractivity contribution in [3.8, 4) is 0 Å². The number of allylic oxidation sites excluding steroid dienone is 3. The molecule has 0 radical (unpaired) electrons. The van der Waals surface area contributed by atoms with E-state index >= 15 is 0 Å². The van der Waals surface area contributed by atoms with Gasteiger partial charge in [0.25, 0.3) is 0 Å². The van der Waals surface area contributed by atoms with E-state index in [1.807, 2.05) is 18.2 Å². The van der Waals surface area contributed by atoms with Gasteiger partial charge in [-0.15, -0.1) is 12.4 Å². The van der Waals surface area contributed by atoms with E-state index in [1.54, 1.807) is 0 Å². The number of rotatable bonds is 2. The molecule has 12 heavy (non-hydrogen) atoms. The summed E-state index contributed by atoms with van der Waals surface area (Å²) in [5.41, 5.74) is 6.43. The van der Waals surface area contributed by atoms with Crippen LogP contribution in [0, 0.1) is 0 Å². The molecule has 0 aliphatic heterocycles. The van der Waals surface area contributed by atoms with Crippen molar-refractivity contribution < 1.29 is 4.79 Å². The molecule has 68 valence electrons. The Balaban J connectivity index is 0.00000121. The summed E-state index contributed by atoms with van der Waals surface area (Å²) in [6.07, 6.45) is 7.59. The summed E-state index contributed by atoms with van der Waals surface area (Å²) in [7, 11) is 0. The second-order valence-electron chi connectivity index (χ2n) is 2.49. The van der Waals surface area contributed by atoms with Gasteiger partial charge in [0.2, 0.25) is 5.24 Å². The fourth-order valence-corrected chi connectivity index (χ4v) is 1.17. The minimum absolute atomic E-state index is 0. The van der Waals surface area contributed by atoms with Crippen LogP contribution < -0.4 is 5.73 Å². The van der Waals surface area contributed by atoms with E-state index in [2.05, 4.69) is 0 Å². The number of halogens is 2. The molecule has 1 atom stereocenters. The predicted molar refractivity (Wildman–Crippen MR) is 52.5 cm³/mol. The van der Waals surface area contributed by atoms with E-state index in [0.29, 0.717) is 0 Å². The summed E-state index contributed by atoms with van der Waals surface area (Å²) in [4.78, 5) is 10.6. The predicted octanol–water partition coefficient (Wildman–Crippen LogP) is 1.78. The topological polar surface area (TPSA) is 43.1 Å². The average molecular weight is 208 g/mol. The first-order valence-electron chi connectivity index (χ1n) is 3.52. The molecule has 0 bridgehead atoms. The van der Waals surface area contributed by atoms with Crippen LogP contribution in [0.2, 0.25) is 0 Å². The quantitative estimate of drug-likeness (QED) is 0.703. The van der Waals surface area contributed by atoms with Crippen LogP contribution >= 0.6 is 24.0 Å². The van der Waals surface area contributed by atoms with E-state index in [9.17, 15) is 4.79 Å². The van der Waals surface area contributed by atoms with Crippen LogP contribution in [0.5, 0.6) is 0 Å². The van der Waals surface area contributed by atoms with Crippen LogP contribution in [0.4, 0.5) is 0 Å². The molecular weight excluding hydrogens is 197 g/mol. The number of nitrogens with two attached hydrogens (primary N) is 1. The highest BCUT2D eigenvalue weighted by molar-refractivity contribution is 6.65. The molecule has 0 saturated carbocycles. The smallest absolute Gasteiger partial charge is 0.242 e. The third kappa shape index (κ3) is 2.97. The minimum atomic E-state index is -0.610. The van der Waals surface area contributed by atoms with Crippen LogP contribution in [0.3, 0.4) is 0 Å². The van der Waals surface area contributed by atoms with Crippen LogP contribution in [-0.2, 0) is 4.79 Å². The lowest BCUT2D eigenvalue weighted by atomic mass is 9.99. The third-order valence-corrected chi connectivity index (χ3v) is 1.93. The lowest BCUT2D eigenvalue weighted by Crippen LogP contribution is -2.29. The average Bonchev–Trinajstić information content (AvgIpc) is 2.05. The highest BCUT2D eigenvalue weighted by Gasteiger charge is 2.15. The first-order chi connectivity index (χ1) is 5.22. The van der Waals surface area contributed by atoms with Gasteiger partial charge in [-0.25, -0.2) is 0 Å². The van der Waals surface area contributed by atoms with Crippen LogP contribution in [0.25, 0.3) is 0 Å². The van der Waals surface area contributed by atoms with Crippen molar-refractivity contribution in [3.05, 3.63) is 23.8 Å². The van der Waals surface area contributed by atoms with Crippen LogP contribution in [0.15, 0.2) is 23.8 Å². The SMILES string of the molecule is Cl.N[C@@H](C(=O)Cl)C1=CC=CCC1. The zero-order valence-corrected chi connectivity index (χ0v) is 8.07. The normalized spacial score (nSPS) is 17.7. The fourth-order valence-electron chi connectivity index (χ4n) is 1.03. The van der Waals surface area contributed by atoms with Crippen molar-refractivity contribution >= 4 is 29.3 Å². The summed E-state index contributed by atoms with van der Waals surface area (Å²) < 4.78 is 0. The van der Waals surface area contributed by atoms with Gasteiger partial charge in [0.05, 0.1) is 0 Å². The first kappa shape index (κ1) is 11.7. The van der Waals surface area contributed by atoms with E-state index in [1.165, 1.54) is 0 Å². The Morgan fingerprint density at radius 3 is 2.75 bits per heavy atom. The van der Waals surface area contributed by atoms with E-state index in [0.717, 1.165) is 18.4 Å². The summed E-state index contributed by atoms with van der Waals surface area (Å²) >= 11 is 5.23. The zero-order valence-electron chi connectivity index (χ0n) is 6.50. The Bertz CT molecular complexity index is 223. The van der Waals surface area contributed by atoms with Crippen LogP contribution in [-0.4, -0.2) is 11.3 Å². The second-order valence-corrected chi connectivity index (χ2v) is 2.86. The Hall–Kier alpha value is -0.310. The van der Waals surface area contributed by atoms with E-state index in [-0.39, 0.29) is 12.4 Å². The molecule has 0 fully saturated rings. The van der Waals surface area contributed by atoms with Gasteiger partial charge in [-0.3, -0.25) is 4.79 Å².